The number of likely N-dealkylation sites (tertiary alicyclic amines) is 2. The zero-order valence-corrected chi connectivity index (χ0v) is 17.3. The minimum atomic E-state index is -0.192. The summed E-state index contributed by atoms with van der Waals surface area (Å²) in [7, 11) is 1.58. The van der Waals surface area contributed by atoms with Crippen LogP contribution in [0.15, 0.2) is 42.6 Å². The molecule has 1 aromatic heterocycles. The summed E-state index contributed by atoms with van der Waals surface area (Å²) in [5.41, 5.74) is 1.09. The topological polar surface area (TPSA) is 72.0 Å². The summed E-state index contributed by atoms with van der Waals surface area (Å²) in [6.07, 6.45) is 5.37. The Morgan fingerprint density at radius 2 is 1.83 bits per heavy atom. The molecule has 0 aliphatic carbocycles. The van der Waals surface area contributed by atoms with E-state index in [1.807, 2.05) is 17.0 Å². The largest absolute Gasteiger partial charge is 0.497 e. The molecule has 0 spiro atoms. The van der Waals surface area contributed by atoms with Crippen molar-refractivity contribution in [2.45, 2.75) is 31.8 Å². The van der Waals surface area contributed by atoms with Crippen LogP contribution in [0.4, 0.5) is 0 Å². The van der Waals surface area contributed by atoms with Crippen LogP contribution in [0.25, 0.3) is 0 Å². The van der Waals surface area contributed by atoms with Crippen molar-refractivity contribution in [2.75, 3.05) is 33.3 Å². The second-order valence-corrected chi connectivity index (χ2v) is 7.72. The van der Waals surface area contributed by atoms with Gasteiger partial charge in [-0.3, -0.25) is 9.59 Å². The Labute approximate surface area is 176 Å². The first-order valence-electron chi connectivity index (χ1n) is 10.5. The number of piperidine rings is 1. The summed E-state index contributed by atoms with van der Waals surface area (Å²) in [4.78, 5) is 33.7. The Morgan fingerprint density at radius 1 is 1.00 bits per heavy atom. The van der Waals surface area contributed by atoms with Gasteiger partial charge in [0.1, 0.15) is 17.4 Å². The highest BCUT2D eigenvalue weighted by Crippen LogP contribution is 2.24. The van der Waals surface area contributed by atoms with Crippen LogP contribution in [0.3, 0.4) is 0 Å². The molecule has 2 saturated heterocycles. The van der Waals surface area contributed by atoms with Crippen molar-refractivity contribution in [1.29, 1.82) is 0 Å². The lowest BCUT2D eigenvalue weighted by atomic mass is 10.1. The van der Waals surface area contributed by atoms with E-state index in [0.717, 1.165) is 25.9 Å². The molecule has 2 aliphatic rings. The van der Waals surface area contributed by atoms with Gasteiger partial charge < -0.3 is 19.3 Å². The summed E-state index contributed by atoms with van der Waals surface area (Å²) in [5, 5.41) is 0. The third-order valence-corrected chi connectivity index (χ3v) is 5.67. The molecule has 2 aliphatic heterocycles. The fourth-order valence-electron chi connectivity index (χ4n) is 4.02. The van der Waals surface area contributed by atoms with E-state index in [4.69, 9.17) is 9.47 Å². The van der Waals surface area contributed by atoms with E-state index in [1.165, 1.54) is 6.42 Å². The zero-order chi connectivity index (χ0) is 20.9. The maximum atomic E-state index is 12.9. The van der Waals surface area contributed by atoms with E-state index in [2.05, 4.69) is 4.98 Å². The molecule has 2 aromatic rings. The van der Waals surface area contributed by atoms with Gasteiger partial charge >= 0.3 is 0 Å². The van der Waals surface area contributed by atoms with Gasteiger partial charge in [-0.2, -0.15) is 0 Å². The van der Waals surface area contributed by atoms with Crippen LogP contribution < -0.4 is 9.47 Å². The molecule has 0 saturated carbocycles. The average molecular weight is 409 g/mol. The molecule has 1 atom stereocenters. The zero-order valence-electron chi connectivity index (χ0n) is 17.3. The summed E-state index contributed by atoms with van der Waals surface area (Å²) >= 11 is 0. The minimum Gasteiger partial charge on any atom is -0.497 e. The van der Waals surface area contributed by atoms with Gasteiger partial charge in [-0.25, -0.2) is 4.98 Å². The lowest BCUT2D eigenvalue weighted by molar-refractivity contribution is 0.0708. The standard InChI is InChI=1S/C23H27N3O4/c1-29-18-8-5-7-17(15-18)22(27)26-14-10-19(16-26)30-21-20(9-6-11-24-21)23(28)25-12-3-2-4-13-25/h5-9,11,15,19H,2-4,10,12-14,16H2,1H3. The van der Waals surface area contributed by atoms with Crippen LogP contribution in [0.1, 0.15) is 46.4 Å². The highest BCUT2D eigenvalue weighted by atomic mass is 16.5. The van der Waals surface area contributed by atoms with Crippen LogP contribution in [-0.4, -0.2) is 66.0 Å². The summed E-state index contributed by atoms with van der Waals surface area (Å²) in [5.74, 6) is 0.932. The van der Waals surface area contributed by atoms with E-state index in [-0.39, 0.29) is 17.9 Å². The van der Waals surface area contributed by atoms with Gasteiger partial charge in [0.25, 0.3) is 11.8 Å². The fourth-order valence-corrected chi connectivity index (χ4v) is 4.02. The van der Waals surface area contributed by atoms with Gasteiger partial charge in [0, 0.05) is 37.8 Å². The predicted molar refractivity (Wildman–Crippen MR) is 112 cm³/mol. The molecule has 7 nitrogen and oxygen atoms in total. The molecular formula is C23H27N3O4. The molecule has 4 rings (SSSR count). The van der Waals surface area contributed by atoms with Crippen LogP contribution in [-0.2, 0) is 0 Å². The maximum absolute atomic E-state index is 12.9. The molecule has 0 bridgehead atoms. The number of benzene rings is 1. The van der Waals surface area contributed by atoms with Gasteiger partial charge in [-0.15, -0.1) is 0 Å². The Balaban J connectivity index is 1.42. The monoisotopic (exact) mass is 409 g/mol. The number of amides is 2. The van der Waals surface area contributed by atoms with Crippen LogP contribution >= 0.6 is 0 Å². The summed E-state index contributed by atoms with van der Waals surface area (Å²) in [6, 6.07) is 10.7. The molecule has 158 valence electrons. The van der Waals surface area contributed by atoms with Crippen molar-refractivity contribution < 1.29 is 19.1 Å². The smallest absolute Gasteiger partial charge is 0.259 e. The third kappa shape index (κ3) is 4.40. The maximum Gasteiger partial charge on any atom is 0.259 e. The molecule has 2 fully saturated rings. The number of carbonyl (C=O) groups excluding carboxylic acids is 2. The molecule has 0 radical (unpaired) electrons. The first kappa shape index (κ1) is 20.2. The van der Waals surface area contributed by atoms with Crippen molar-refractivity contribution in [2.24, 2.45) is 0 Å². The van der Waals surface area contributed by atoms with Crippen LogP contribution in [0.2, 0.25) is 0 Å². The molecule has 1 aromatic carbocycles. The fraction of sp³-hybridized carbons (Fsp3) is 0.435. The molecule has 7 heteroatoms. The Bertz CT molecular complexity index is 911. The van der Waals surface area contributed by atoms with E-state index < -0.39 is 0 Å². The molecule has 1 unspecified atom stereocenters. The van der Waals surface area contributed by atoms with Gasteiger partial charge in [0.15, 0.2) is 0 Å². The van der Waals surface area contributed by atoms with Gasteiger partial charge in [0.2, 0.25) is 5.88 Å². The molecule has 30 heavy (non-hydrogen) atoms. The normalized spacial score (nSPS) is 18.9. The number of ether oxygens (including phenoxy) is 2. The Kier molecular flexibility index (Phi) is 6.16. The number of rotatable bonds is 5. The molecule has 2 amide bonds. The second-order valence-electron chi connectivity index (χ2n) is 7.72. The number of aromatic nitrogens is 1. The number of hydrogen-bond donors (Lipinski definition) is 0. The Hall–Kier alpha value is -3.09. The summed E-state index contributed by atoms with van der Waals surface area (Å²) in [6.45, 7) is 2.62. The van der Waals surface area contributed by atoms with E-state index in [9.17, 15) is 9.59 Å². The van der Waals surface area contributed by atoms with Crippen molar-refractivity contribution >= 4 is 11.8 Å². The first-order valence-corrected chi connectivity index (χ1v) is 10.5. The summed E-state index contributed by atoms with van der Waals surface area (Å²) < 4.78 is 11.3. The number of methoxy groups -OCH3 is 1. The first-order chi connectivity index (χ1) is 14.7. The average Bonchev–Trinajstić information content (AvgIpc) is 3.27. The van der Waals surface area contributed by atoms with E-state index >= 15 is 0 Å². The van der Waals surface area contributed by atoms with Crippen molar-refractivity contribution in [3.8, 4) is 11.6 Å². The number of pyridine rings is 1. The number of nitrogens with zero attached hydrogens (tertiary/aromatic N) is 3. The second kappa shape index (κ2) is 9.15. The highest BCUT2D eigenvalue weighted by Gasteiger charge is 2.30. The lowest BCUT2D eigenvalue weighted by Gasteiger charge is -2.27. The SMILES string of the molecule is COc1cccc(C(=O)N2CCC(Oc3ncccc3C(=O)N3CCCCC3)C2)c1. The van der Waals surface area contributed by atoms with Gasteiger partial charge in [-0.1, -0.05) is 6.07 Å². The third-order valence-electron chi connectivity index (χ3n) is 5.67. The van der Waals surface area contributed by atoms with Gasteiger partial charge in [-0.05, 0) is 49.6 Å². The lowest BCUT2D eigenvalue weighted by Crippen LogP contribution is -2.36. The number of carbonyl (C=O) groups is 2. The van der Waals surface area contributed by atoms with Crippen LogP contribution in [0, 0.1) is 0 Å². The predicted octanol–water partition coefficient (Wildman–Crippen LogP) is 3.01. The molecule has 3 heterocycles. The Morgan fingerprint density at radius 3 is 2.63 bits per heavy atom. The van der Waals surface area contributed by atoms with E-state index in [1.54, 1.807) is 42.5 Å². The van der Waals surface area contributed by atoms with Crippen LogP contribution in [0.5, 0.6) is 11.6 Å². The minimum absolute atomic E-state index is 0.0277. The molecule has 0 N–H and O–H groups in total. The van der Waals surface area contributed by atoms with Crippen molar-refractivity contribution in [1.82, 2.24) is 14.8 Å². The van der Waals surface area contributed by atoms with Gasteiger partial charge in [0.05, 0.1) is 13.7 Å². The molecular weight excluding hydrogens is 382 g/mol. The highest BCUT2D eigenvalue weighted by molar-refractivity contribution is 5.96. The number of hydrogen-bond acceptors (Lipinski definition) is 5. The van der Waals surface area contributed by atoms with Crippen molar-refractivity contribution in [3.63, 3.8) is 0 Å². The van der Waals surface area contributed by atoms with E-state index in [0.29, 0.717) is 42.3 Å². The van der Waals surface area contributed by atoms with Crippen molar-refractivity contribution in [3.05, 3.63) is 53.7 Å². The quantitative estimate of drug-likeness (QED) is 0.759.